The van der Waals surface area contributed by atoms with Gasteiger partial charge < -0.3 is 15.3 Å². The SMILES string of the molecule is CC(C)(C)c1nc(CNC(=O)N(CCO)C2CC2)cs1. The third kappa shape index (κ3) is 3.93. The number of hydrogen-bond acceptors (Lipinski definition) is 4. The largest absolute Gasteiger partial charge is 0.395 e. The van der Waals surface area contributed by atoms with Crippen molar-refractivity contribution in [1.29, 1.82) is 0 Å². The van der Waals surface area contributed by atoms with E-state index in [4.69, 9.17) is 5.11 Å². The van der Waals surface area contributed by atoms with Crippen LogP contribution in [0.2, 0.25) is 0 Å². The quantitative estimate of drug-likeness (QED) is 0.875. The summed E-state index contributed by atoms with van der Waals surface area (Å²) in [5.74, 6) is 0. The first kappa shape index (κ1) is 15.3. The summed E-state index contributed by atoms with van der Waals surface area (Å²) in [6.45, 7) is 7.24. The molecule has 2 amide bonds. The number of amides is 2. The van der Waals surface area contributed by atoms with Crippen LogP contribution in [0.5, 0.6) is 0 Å². The lowest BCUT2D eigenvalue weighted by molar-refractivity contribution is 0.173. The molecule has 0 atom stereocenters. The van der Waals surface area contributed by atoms with E-state index in [2.05, 4.69) is 31.1 Å². The summed E-state index contributed by atoms with van der Waals surface area (Å²) in [5.41, 5.74) is 0.942. The monoisotopic (exact) mass is 297 g/mol. The maximum atomic E-state index is 12.1. The predicted octanol–water partition coefficient (Wildman–Crippen LogP) is 2.11. The summed E-state index contributed by atoms with van der Waals surface area (Å²) >= 11 is 1.63. The Morgan fingerprint density at radius 2 is 2.25 bits per heavy atom. The van der Waals surface area contributed by atoms with Gasteiger partial charge in [-0.1, -0.05) is 20.8 Å². The van der Waals surface area contributed by atoms with Gasteiger partial charge in [-0.15, -0.1) is 11.3 Å². The van der Waals surface area contributed by atoms with Gasteiger partial charge in [0, 0.05) is 23.4 Å². The van der Waals surface area contributed by atoms with Crippen LogP contribution in [0.3, 0.4) is 0 Å². The van der Waals surface area contributed by atoms with Gasteiger partial charge in [0.2, 0.25) is 0 Å². The van der Waals surface area contributed by atoms with E-state index in [1.165, 1.54) is 0 Å². The Morgan fingerprint density at radius 1 is 1.55 bits per heavy atom. The number of nitrogens with zero attached hydrogens (tertiary/aromatic N) is 2. The number of rotatable bonds is 5. The molecule has 2 rings (SSSR count). The number of carbonyl (C=O) groups is 1. The van der Waals surface area contributed by atoms with Crippen LogP contribution < -0.4 is 5.32 Å². The highest BCUT2D eigenvalue weighted by Crippen LogP contribution is 2.27. The third-order valence-electron chi connectivity index (χ3n) is 3.20. The Morgan fingerprint density at radius 3 is 2.75 bits per heavy atom. The maximum absolute atomic E-state index is 12.1. The minimum atomic E-state index is -0.105. The number of aliphatic hydroxyl groups excluding tert-OH is 1. The zero-order chi connectivity index (χ0) is 14.8. The second-order valence-electron chi connectivity index (χ2n) is 6.20. The Bertz CT molecular complexity index is 463. The number of urea groups is 1. The molecular formula is C14H23N3O2S. The van der Waals surface area contributed by atoms with Crippen molar-refractivity contribution >= 4 is 17.4 Å². The van der Waals surface area contributed by atoms with Crippen molar-refractivity contribution < 1.29 is 9.90 Å². The molecular weight excluding hydrogens is 274 g/mol. The second kappa shape index (κ2) is 6.10. The molecule has 0 aliphatic heterocycles. The average molecular weight is 297 g/mol. The van der Waals surface area contributed by atoms with Gasteiger partial charge in [-0.05, 0) is 12.8 Å². The molecule has 6 heteroatoms. The lowest BCUT2D eigenvalue weighted by Gasteiger charge is -2.21. The number of hydrogen-bond donors (Lipinski definition) is 2. The van der Waals surface area contributed by atoms with Crippen molar-refractivity contribution in [2.75, 3.05) is 13.2 Å². The number of carbonyl (C=O) groups excluding carboxylic acids is 1. The first-order chi connectivity index (χ1) is 9.41. The molecule has 5 nitrogen and oxygen atoms in total. The van der Waals surface area contributed by atoms with Gasteiger partial charge in [-0.2, -0.15) is 0 Å². The molecule has 1 aliphatic carbocycles. The first-order valence-electron chi connectivity index (χ1n) is 7.02. The van der Waals surface area contributed by atoms with Gasteiger partial charge in [0.1, 0.15) is 0 Å². The van der Waals surface area contributed by atoms with E-state index in [1.807, 2.05) is 5.38 Å². The van der Waals surface area contributed by atoms with Crippen molar-refractivity contribution in [3.63, 3.8) is 0 Å². The Kier molecular flexibility index (Phi) is 4.65. The van der Waals surface area contributed by atoms with Crippen molar-refractivity contribution in [3.05, 3.63) is 16.1 Å². The fourth-order valence-electron chi connectivity index (χ4n) is 1.94. The van der Waals surface area contributed by atoms with Crippen molar-refractivity contribution in [2.45, 2.75) is 51.6 Å². The van der Waals surface area contributed by atoms with Crippen LogP contribution in [0.25, 0.3) is 0 Å². The van der Waals surface area contributed by atoms with Crippen molar-refractivity contribution in [3.8, 4) is 0 Å². The van der Waals surface area contributed by atoms with E-state index in [-0.39, 0.29) is 18.1 Å². The van der Waals surface area contributed by atoms with Crippen LogP contribution in [0.15, 0.2) is 5.38 Å². The molecule has 0 bridgehead atoms. The maximum Gasteiger partial charge on any atom is 0.318 e. The summed E-state index contributed by atoms with van der Waals surface area (Å²) in [6.07, 6.45) is 2.08. The molecule has 112 valence electrons. The number of aliphatic hydroxyl groups is 1. The first-order valence-corrected chi connectivity index (χ1v) is 7.90. The molecule has 0 aromatic carbocycles. The third-order valence-corrected chi connectivity index (χ3v) is 4.52. The van der Waals surface area contributed by atoms with Crippen molar-refractivity contribution in [1.82, 2.24) is 15.2 Å². The van der Waals surface area contributed by atoms with Crippen LogP contribution in [0, 0.1) is 0 Å². The molecule has 0 unspecified atom stereocenters. The number of nitrogens with one attached hydrogen (secondary N) is 1. The molecule has 1 saturated carbocycles. The summed E-state index contributed by atoms with van der Waals surface area (Å²) in [5, 5.41) is 15.0. The molecule has 0 spiro atoms. The standard InChI is InChI=1S/C14H23N3O2S/c1-14(2,3)12-16-10(9-20-12)8-15-13(19)17(6-7-18)11-4-5-11/h9,11,18H,4-8H2,1-3H3,(H,15,19). The fourth-order valence-corrected chi connectivity index (χ4v) is 2.85. The van der Waals surface area contributed by atoms with Crippen LogP contribution in [-0.4, -0.2) is 40.2 Å². The summed E-state index contributed by atoms with van der Waals surface area (Å²) in [4.78, 5) is 18.3. The topological polar surface area (TPSA) is 65.5 Å². The molecule has 0 saturated heterocycles. The smallest absolute Gasteiger partial charge is 0.318 e. The number of thiazole rings is 1. The molecule has 1 fully saturated rings. The van der Waals surface area contributed by atoms with Gasteiger partial charge >= 0.3 is 6.03 Å². The van der Waals surface area contributed by atoms with E-state index < -0.39 is 0 Å². The predicted molar refractivity (Wildman–Crippen MR) is 79.9 cm³/mol. The molecule has 2 N–H and O–H groups in total. The lowest BCUT2D eigenvalue weighted by atomic mass is 9.98. The van der Waals surface area contributed by atoms with Crippen LogP contribution >= 0.6 is 11.3 Å². The van der Waals surface area contributed by atoms with E-state index in [9.17, 15) is 4.79 Å². The number of aromatic nitrogens is 1. The Labute approximate surface area is 124 Å². The highest BCUT2D eigenvalue weighted by Gasteiger charge is 2.32. The lowest BCUT2D eigenvalue weighted by Crippen LogP contribution is -2.42. The van der Waals surface area contributed by atoms with E-state index in [0.29, 0.717) is 19.1 Å². The molecule has 1 aromatic rings. The average Bonchev–Trinajstić information content (AvgIpc) is 3.08. The molecule has 1 heterocycles. The Balaban J connectivity index is 1.87. The Hall–Kier alpha value is -1.14. The normalized spacial score (nSPS) is 15.2. The summed E-state index contributed by atoms with van der Waals surface area (Å²) in [7, 11) is 0. The molecule has 1 aliphatic rings. The van der Waals surface area contributed by atoms with Crippen molar-refractivity contribution in [2.24, 2.45) is 0 Å². The van der Waals surface area contributed by atoms with E-state index in [1.54, 1.807) is 16.2 Å². The zero-order valence-corrected chi connectivity index (χ0v) is 13.2. The summed E-state index contributed by atoms with van der Waals surface area (Å²) in [6, 6.07) is 0.203. The van der Waals surface area contributed by atoms with Gasteiger partial charge in [0.25, 0.3) is 0 Å². The minimum Gasteiger partial charge on any atom is -0.395 e. The van der Waals surface area contributed by atoms with Gasteiger partial charge in [-0.3, -0.25) is 0 Å². The molecule has 1 aromatic heterocycles. The van der Waals surface area contributed by atoms with Crippen LogP contribution in [-0.2, 0) is 12.0 Å². The van der Waals surface area contributed by atoms with Crippen LogP contribution in [0.1, 0.15) is 44.3 Å². The fraction of sp³-hybridized carbons (Fsp3) is 0.714. The zero-order valence-electron chi connectivity index (χ0n) is 12.3. The van der Waals surface area contributed by atoms with Crippen LogP contribution in [0.4, 0.5) is 4.79 Å². The minimum absolute atomic E-state index is 0.00872. The van der Waals surface area contributed by atoms with E-state index >= 15 is 0 Å². The van der Waals surface area contributed by atoms with Gasteiger partial charge in [0.05, 0.1) is 23.9 Å². The van der Waals surface area contributed by atoms with Gasteiger partial charge in [0.15, 0.2) is 0 Å². The second-order valence-corrected chi connectivity index (χ2v) is 7.06. The highest BCUT2D eigenvalue weighted by molar-refractivity contribution is 7.09. The highest BCUT2D eigenvalue weighted by atomic mass is 32.1. The molecule has 20 heavy (non-hydrogen) atoms. The van der Waals surface area contributed by atoms with Gasteiger partial charge in [-0.25, -0.2) is 9.78 Å². The molecule has 0 radical (unpaired) electrons. The van der Waals surface area contributed by atoms with E-state index in [0.717, 1.165) is 23.5 Å². The summed E-state index contributed by atoms with van der Waals surface area (Å²) < 4.78 is 0.